The third-order valence-corrected chi connectivity index (χ3v) is 9.76. The van der Waals surface area contributed by atoms with Crippen molar-refractivity contribution in [1.29, 1.82) is 0 Å². The zero-order valence-corrected chi connectivity index (χ0v) is 27.1. The second kappa shape index (κ2) is 15.3. The molecule has 0 aliphatic carbocycles. The number of phosphoric ester groups is 1. The molecule has 1 aliphatic heterocycles. The lowest BCUT2D eigenvalue weighted by atomic mass is 9.90. The summed E-state index contributed by atoms with van der Waals surface area (Å²) in [6, 6.07) is 20.9. The minimum atomic E-state index is -4.33. The molecule has 4 nitrogen and oxygen atoms in total. The van der Waals surface area contributed by atoms with E-state index >= 15 is 0 Å². The fourth-order valence-electron chi connectivity index (χ4n) is 6.54. The third kappa shape index (κ3) is 8.22. The smallest absolute Gasteiger partial charge is 0.395 e. The topological polar surface area (TPSA) is 55.8 Å². The molecule has 1 heterocycles. The summed E-state index contributed by atoms with van der Waals surface area (Å²) in [6.45, 7) is 4.52. The molecular weight excluding hydrogens is 551 g/mol. The van der Waals surface area contributed by atoms with Gasteiger partial charge in [-0.15, -0.1) is 0 Å². The van der Waals surface area contributed by atoms with E-state index in [1.807, 2.05) is 24.3 Å². The van der Waals surface area contributed by atoms with Gasteiger partial charge in [0.05, 0.1) is 0 Å². The summed E-state index contributed by atoms with van der Waals surface area (Å²) in [5.41, 5.74) is 4.31. The predicted molar refractivity (Wildman–Crippen MR) is 181 cm³/mol. The first-order valence-electron chi connectivity index (χ1n) is 16.8. The Labute approximate surface area is 258 Å². The van der Waals surface area contributed by atoms with Crippen molar-refractivity contribution in [3.63, 3.8) is 0 Å². The summed E-state index contributed by atoms with van der Waals surface area (Å²) >= 11 is 0. The van der Waals surface area contributed by atoms with Crippen molar-refractivity contribution in [2.75, 3.05) is 0 Å². The van der Waals surface area contributed by atoms with E-state index in [1.165, 1.54) is 101 Å². The molecule has 0 aromatic heterocycles. The number of hydrogen-bond donors (Lipinski definition) is 1. The van der Waals surface area contributed by atoms with Crippen molar-refractivity contribution < 1.29 is 18.5 Å². The largest absolute Gasteiger partial charge is 0.584 e. The van der Waals surface area contributed by atoms with Crippen LogP contribution in [0.5, 0.6) is 11.5 Å². The van der Waals surface area contributed by atoms with Crippen molar-refractivity contribution in [2.45, 2.75) is 117 Å². The van der Waals surface area contributed by atoms with Crippen LogP contribution in [0.1, 0.15) is 115 Å². The van der Waals surface area contributed by atoms with Crippen LogP contribution in [0.25, 0.3) is 32.7 Å². The van der Waals surface area contributed by atoms with Crippen molar-refractivity contribution in [3.8, 4) is 22.6 Å². The number of aryl methyl sites for hydroxylation is 2. The lowest BCUT2D eigenvalue weighted by molar-refractivity contribution is 0.294. The molecule has 43 heavy (non-hydrogen) atoms. The van der Waals surface area contributed by atoms with Crippen LogP contribution in [0, 0.1) is 0 Å². The molecule has 5 rings (SSSR count). The van der Waals surface area contributed by atoms with Crippen LogP contribution in [0.3, 0.4) is 0 Å². The highest BCUT2D eigenvalue weighted by Gasteiger charge is 2.34. The molecule has 0 atom stereocenters. The lowest BCUT2D eigenvalue weighted by Crippen LogP contribution is -1.97. The molecule has 0 unspecified atom stereocenters. The highest BCUT2D eigenvalue weighted by Crippen LogP contribution is 2.56. The number of rotatable bonds is 16. The maximum Gasteiger partial charge on any atom is 0.584 e. The molecular formula is C38H49O4P. The maximum absolute atomic E-state index is 12.9. The molecule has 230 valence electrons. The van der Waals surface area contributed by atoms with Crippen molar-refractivity contribution in [3.05, 3.63) is 71.8 Å². The molecule has 0 spiro atoms. The van der Waals surface area contributed by atoms with Gasteiger partial charge in [-0.2, -0.15) is 0 Å². The van der Waals surface area contributed by atoms with Crippen molar-refractivity contribution in [1.82, 2.24) is 0 Å². The van der Waals surface area contributed by atoms with E-state index in [-0.39, 0.29) is 0 Å². The molecule has 0 amide bonds. The van der Waals surface area contributed by atoms with Gasteiger partial charge in [0.15, 0.2) is 0 Å². The average Bonchev–Trinajstić information content (AvgIpc) is 3.12. The standard InChI is InChI=1S/C38H49O4P/c1-3-5-7-9-11-13-15-17-29-19-23-33-31(27-29)21-25-35-37(33)38-34-24-20-30(18-16-14-12-10-8-6-4-2)28-32(34)22-26-36(38)42-43(39,40)41-35/h19-28H,3-18H2,1-2H3,(H,39,40). The maximum atomic E-state index is 12.9. The van der Waals surface area contributed by atoms with Gasteiger partial charge >= 0.3 is 7.82 Å². The van der Waals surface area contributed by atoms with Crippen LogP contribution in [0.15, 0.2) is 60.7 Å². The van der Waals surface area contributed by atoms with Crippen LogP contribution in [-0.2, 0) is 17.4 Å². The van der Waals surface area contributed by atoms with Gasteiger partial charge in [-0.25, -0.2) is 4.57 Å². The fraction of sp³-hybridized carbons (Fsp3) is 0.474. The molecule has 0 fully saturated rings. The third-order valence-electron chi connectivity index (χ3n) is 8.91. The van der Waals surface area contributed by atoms with Crippen LogP contribution in [0.2, 0.25) is 0 Å². The zero-order valence-electron chi connectivity index (χ0n) is 26.2. The summed E-state index contributed by atoms with van der Waals surface area (Å²) in [7, 11) is -4.33. The Morgan fingerprint density at radius 2 is 0.930 bits per heavy atom. The molecule has 0 bridgehead atoms. The van der Waals surface area contributed by atoms with Crippen molar-refractivity contribution in [2.24, 2.45) is 0 Å². The molecule has 1 aliphatic rings. The van der Waals surface area contributed by atoms with Gasteiger partial charge in [-0.05, 0) is 70.5 Å². The highest BCUT2D eigenvalue weighted by molar-refractivity contribution is 7.48. The molecule has 0 saturated heterocycles. The predicted octanol–water partition coefficient (Wildman–Crippen LogP) is 12.1. The van der Waals surface area contributed by atoms with E-state index in [0.717, 1.165) is 45.5 Å². The molecule has 1 N–H and O–H groups in total. The van der Waals surface area contributed by atoms with Crippen LogP contribution in [0.4, 0.5) is 0 Å². The lowest BCUT2D eigenvalue weighted by Gasteiger charge is -2.15. The van der Waals surface area contributed by atoms with Crippen molar-refractivity contribution >= 4 is 29.4 Å². The Hall–Kier alpha value is -2.81. The molecule has 4 aromatic carbocycles. The van der Waals surface area contributed by atoms with E-state index in [0.29, 0.717) is 11.5 Å². The minimum Gasteiger partial charge on any atom is -0.395 e. The van der Waals surface area contributed by atoms with E-state index in [9.17, 15) is 9.46 Å². The summed E-state index contributed by atoms with van der Waals surface area (Å²) in [5.74, 6) is 0.771. The van der Waals surface area contributed by atoms with Gasteiger partial charge in [-0.3, -0.25) is 4.89 Å². The van der Waals surface area contributed by atoms with Gasteiger partial charge in [0.25, 0.3) is 0 Å². The van der Waals surface area contributed by atoms with Gasteiger partial charge in [0.2, 0.25) is 0 Å². The van der Waals surface area contributed by atoms with Crippen LogP contribution in [-0.4, -0.2) is 4.89 Å². The molecule has 5 heteroatoms. The van der Waals surface area contributed by atoms with E-state index in [1.54, 1.807) is 0 Å². The Morgan fingerprint density at radius 1 is 0.535 bits per heavy atom. The normalized spacial score (nSPS) is 13.7. The Balaban J connectivity index is 1.40. The first kappa shape index (κ1) is 31.6. The number of benzene rings is 4. The Bertz CT molecular complexity index is 1450. The SMILES string of the molecule is CCCCCCCCCc1ccc2c3c(ccc2c1)OP(=O)(O)Oc1ccc2cc(CCCCCCCCC)ccc2c1-3. The van der Waals surface area contributed by atoms with Crippen LogP contribution < -0.4 is 9.05 Å². The first-order chi connectivity index (χ1) is 21.0. The summed E-state index contributed by atoms with van der Waals surface area (Å²) in [6.07, 6.45) is 20.3. The summed E-state index contributed by atoms with van der Waals surface area (Å²) in [4.78, 5) is 10.6. The van der Waals surface area contributed by atoms with Gasteiger partial charge < -0.3 is 9.05 Å². The highest BCUT2D eigenvalue weighted by atomic mass is 31.2. The monoisotopic (exact) mass is 600 g/mol. The average molecular weight is 601 g/mol. The van der Waals surface area contributed by atoms with Gasteiger partial charge in [0.1, 0.15) is 11.5 Å². The first-order valence-corrected chi connectivity index (χ1v) is 18.3. The van der Waals surface area contributed by atoms with E-state index in [2.05, 4.69) is 50.2 Å². The minimum absolute atomic E-state index is 0.386. The zero-order chi connectivity index (χ0) is 30.1. The number of fused-ring (bicyclic) bond motifs is 7. The molecule has 0 radical (unpaired) electrons. The molecule has 0 saturated carbocycles. The van der Waals surface area contributed by atoms with Gasteiger partial charge in [-0.1, -0.05) is 139 Å². The number of unbranched alkanes of at least 4 members (excludes halogenated alkanes) is 12. The molecule has 4 aromatic rings. The van der Waals surface area contributed by atoms with Crippen LogP contribution >= 0.6 is 7.82 Å². The summed E-state index contributed by atoms with van der Waals surface area (Å²) < 4.78 is 24.2. The second-order valence-electron chi connectivity index (χ2n) is 12.4. The number of hydrogen-bond acceptors (Lipinski definition) is 3. The Kier molecular flexibility index (Phi) is 11.2. The van der Waals surface area contributed by atoms with E-state index < -0.39 is 7.82 Å². The van der Waals surface area contributed by atoms with Gasteiger partial charge in [0, 0.05) is 11.1 Å². The van der Waals surface area contributed by atoms with E-state index in [4.69, 9.17) is 9.05 Å². The summed E-state index contributed by atoms with van der Waals surface area (Å²) in [5, 5.41) is 4.23. The fourth-order valence-corrected chi connectivity index (χ4v) is 7.38. The second-order valence-corrected chi connectivity index (χ2v) is 13.7. The number of phosphoric acid groups is 1. The Morgan fingerprint density at radius 3 is 1.35 bits per heavy atom. The quantitative estimate of drug-likeness (QED) is 0.103.